The number of benzene rings is 1. The molecule has 0 spiro atoms. The minimum atomic E-state index is -0.376. The number of hydrogen-bond donors (Lipinski definition) is 2. The number of para-hydroxylation sites is 1. The van der Waals surface area contributed by atoms with Crippen LogP contribution in [-0.2, 0) is 0 Å². The monoisotopic (exact) mass is 291 g/mol. The Hall–Kier alpha value is -1.62. The van der Waals surface area contributed by atoms with Crippen LogP contribution in [0.4, 0.5) is 10.1 Å². The first kappa shape index (κ1) is 14.3. The lowest BCUT2D eigenvalue weighted by atomic mass is 10.1. The predicted molar refractivity (Wildman–Crippen MR) is 81.0 cm³/mol. The Morgan fingerprint density at radius 3 is 3.05 bits per heavy atom. The van der Waals surface area contributed by atoms with Crippen molar-refractivity contribution in [1.82, 2.24) is 10.2 Å². The maximum absolute atomic E-state index is 13.9. The molecule has 2 fully saturated rings. The SMILES string of the molecule is CCNc1c(F)cccc1C(=O)NC1CCN2CCCC12. The maximum atomic E-state index is 13.9. The van der Waals surface area contributed by atoms with Gasteiger partial charge in [0.05, 0.1) is 11.3 Å². The van der Waals surface area contributed by atoms with Crippen LogP contribution < -0.4 is 10.6 Å². The standard InChI is InChI=1S/C16H22FN3O/c1-2-18-15-11(5-3-6-12(15)17)16(21)19-13-8-10-20-9-4-7-14(13)20/h3,5-6,13-14,18H,2,4,7-10H2,1H3,(H,19,21). The van der Waals surface area contributed by atoms with Gasteiger partial charge >= 0.3 is 0 Å². The van der Waals surface area contributed by atoms with Crippen molar-refractivity contribution >= 4 is 11.6 Å². The van der Waals surface area contributed by atoms with Crippen LogP contribution in [0, 0.1) is 5.82 Å². The van der Waals surface area contributed by atoms with E-state index in [0.717, 1.165) is 25.9 Å². The number of hydrogen-bond acceptors (Lipinski definition) is 3. The van der Waals surface area contributed by atoms with Crippen molar-refractivity contribution in [3.05, 3.63) is 29.6 Å². The van der Waals surface area contributed by atoms with Crippen LogP contribution in [0.3, 0.4) is 0 Å². The molecule has 2 N–H and O–H groups in total. The van der Waals surface area contributed by atoms with E-state index in [2.05, 4.69) is 15.5 Å². The summed E-state index contributed by atoms with van der Waals surface area (Å²) in [6.07, 6.45) is 3.34. The molecule has 5 heteroatoms. The molecular weight excluding hydrogens is 269 g/mol. The highest BCUT2D eigenvalue weighted by Crippen LogP contribution is 2.28. The fourth-order valence-electron chi connectivity index (χ4n) is 3.57. The first-order valence-electron chi connectivity index (χ1n) is 7.78. The smallest absolute Gasteiger partial charge is 0.253 e. The first-order chi connectivity index (χ1) is 10.2. The number of nitrogens with zero attached hydrogens (tertiary/aromatic N) is 1. The number of fused-ring (bicyclic) bond motifs is 1. The van der Waals surface area contributed by atoms with Crippen molar-refractivity contribution in [1.29, 1.82) is 0 Å². The lowest BCUT2D eigenvalue weighted by Gasteiger charge is -2.22. The Morgan fingerprint density at radius 2 is 2.24 bits per heavy atom. The summed E-state index contributed by atoms with van der Waals surface area (Å²) in [5, 5.41) is 6.06. The number of anilines is 1. The van der Waals surface area contributed by atoms with Crippen LogP contribution in [0.25, 0.3) is 0 Å². The van der Waals surface area contributed by atoms with E-state index in [9.17, 15) is 9.18 Å². The molecule has 0 aromatic heterocycles. The molecule has 3 rings (SSSR count). The van der Waals surface area contributed by atoms with Gasteiger partial charge in [0, 0.05) is 25.2 Å². The van der Waals surface area contributed by atoms with Gasteiger partial charge in [-0.2, -0.15) is 0 Å². The van der Waals surface area contributed by atoms with Gasteiger partial charge in [0.1, 0.15) is 5.82 Å². The number of carbonyl (C=O) groups excluding carboxylic acids is 1. The first-order valence-corrected chi connectivity index (χ1v) is 7.78. The molecule has 2 saturated heterocycles. The number of halogens is 1. The zero-order valence-electron chi connectivity index (χ0n) is 12.4. The summed E-state index contributed by atoms with van der Waals surface area (Å²) in [4.78, 5) is 14.9. The average Bonchev–Trinajstić information content (AvgIpc) is 3.06. The third-order valence-electron chi connectivity index (χ3n) is 4.53. The molecule has 0 bridgehead atoms. The number of amides is 1. The molecular formula is C16H22FN3O. The molecule has 114 valence electrons. The van der Waals surface area contributed by atoms with E-state index in [1.807, 2.05) is 6.92 Å². The Bertz CT molecular complexity index is 534. The van der Waals surface area contributed by atoms with E-state index in [0.29, 0.717) is 23.8 Å². The minimum absolute atomic E-state index is 0.177. The van der Waals surface area contributed by atoms with Gasteiger partial charge in [-0.05, 0) is 44.9 Å². The Morgan fingerprint density at radius 1 is 1.38 bits per heavy atom. The fraction of sp³-hybridized carbons (Fsp3) is 0.562. The molecule has 4 nitrogen and oxygen atoms in total. The van der Waals surface area contributed by atoms with E-state index in [1.54, 1.807) is 12.1 Å². The normalized spacial score (nSPS) is 24.9. The van der Waals surface area contributed by atoms with E-state index < -0.39 is 0 Å². The average molecular weight is 291 g/mol. The molecule has 0 radical (unpaired) electrons. The molecule has 21 heavy (non-hydrogen) atoms. The predicted octanol–water partition coefficient (Wildman–Crippen LogP) is 2.22. The summed E-state index contributed by atoms with van der Waals surface area (Å²) < 4.78 is 13.9. The Labute approximate surface area is 124 Å². The maximum Gasteiger partial charge on any atom is 0.253 e. The fourth-order valence-corrected chi connectivity index (χ4v) is 3.57. The summed E-state index contributed by atoms with van der Waals surface area (Å²) in [5.74, 6) is -0.553. The topological polar surface area (TPSA) is 44.4 Å². The van der Waals surface area contributed by atoms with Crippen molar-refractivity contribution in [2.75, 3.05) is 25.0 Å². The van der Waals surface area contributed by atoms with Gasteiger partial charge in [0.25, 0.3) is 5.91 Å². The molecule has 2 aliphatic rings. The second kappa shape index (κ2) is 6.02. The highest BCUT2D eigenvalue weighted by Gasteiger charge is 2.38. The second-order valence-electron chi connectivity index (χ2n) is 5.81. The summed E-state index contributed by atoms with van der Waals surface area (Å²) in [6.45, 7) is 4.67. The van der Waals surface area contributed by atoms with Gasteiger partial charge in [-0.25, -0.2) is 4.39 Å². The van der Waals surface area contributed by atoms with Gasteiger partial charge in [-0.15, -0.1) is 0 Å². The van der Waals surface area contributed by atoms with Crippen LogP contribution in [0.2, 0.25) is 0 Å². The van der Waals surface area contributed by atoms with E-state index in [-0.39, 0.29) is 17.8 Å². The number of rotatable bonds is 4. The van der Waals surface area contributed by atoms with Crippen LogP contribution in [0.1, 0.15) is 36.5 Å². The van der Waals surface area contributed by atoms with Crippen molar-refractivity contribution in [3.63, 3.8) is 0 Å². The van der Waals surface area contributed by atoms with Crippen LogP contribution in [0.15, 0.2) is 18.2 Å². The quantitative estimate of drug-likeness (QED) is 0.894. The van der Waals surface area contributed by atoms with Gasteiger partial charge in [-0.3, -0.25) is 9.69 Å². The summed E-state index contributed by atoms with van der Waals surface area (Å²) in [6, 6.07) is 5.30. The zero-order chi connectivity index (χ0) is 14.8. The lowest BCUT2D eigenvalue weighted by Crippen LogP contribution is -2.42. The van der Waals surface area contributed by atoms with E-state index in [1.165, 1.54) is 12.5 Å². The summed E-state index contributed by atoms with van der Waals surface area (Å²) >= 11 is 0. The summed E-state index contributed by atoms with van der Waals surface area (Å²) in [5.41, 5.74) is 0.701. The van der Waals surface area contributed by atoms with Crippen LogP contribution in [-0.4, -0.2) is 42.5 Å². The van der Waals surface area contributed by atoms with Crippen molar-refractivity contribution < 1.29 is 9.18 Å². The zero-order valence-corrected chi connectivity index (χ0v) is 12.4. The lowest BCUT2D eigenvalue weighted by molar-refractivity contribution is 0.0930. The van der Waals surface area contributed by atoms with Crippen molar-refractivity contribution in [2.24, 2.45) is 0 Å². The minimum Gasteiger partial charge on any atom is -0.382 e. The molecule has 1 amide bonds. The van der Waals surface area contributed by atoms with Crippen molar-refractivity contribution in [2.45, 2.75) is 38.3 Å². The van der Waals surface area contributed by atoms with Gasteiger partial charge in [-0.1, -0.05) is 6.07 Å². The molecule has 2 atom stereocenters. The van der Waals surface area contributed by atoms with Crippen molar-refractivity contribution in [3.8, 4) is 0 Å². The third kappa shape index (κ3) is 2.75. The van der Waals surface area contributed by atoms with Gasteiger partial charge in [0.15, 0.2) is 0 Å². The van der Waals surface area contributed by atoms with Crippen LogP contribution >= 0.6 is 0 Å². The largest absolute Gasteiger partial charge is 0.382 e. The summed E-state index contributed by atoms with van der Waals surface area (Å²) in [7, 11) is 0. The van der Waals surface area contributed by atoms with E-state index in [4.69, 9.17) is 0 Å². The highest BCUT2D eigenvalue weighted by atomic mass is 19.1. The van der Waals surface area contributed by atoms with Crippen LogP contribution in [0.5, 0.6) is 0 Å². The molecule has 0 saturated carbocycles. The molecule has 2 aliphatic heterocycles. The number of carbonyl (C=O) groups is 1. The highest BCUT2D eigenvalue weighted by molar-refractivity contribution is 6.00. The molecule has 1 aromatic rings. The number of nitrogens with one attached hydrogen (secondary N) is 2. The molecule has 2 heterocycles. The Kier molecular flexibility index (Phi) is 4.10. The molecule has 0 aliphatic carbocycles. The molecule has 2 unspecified atom stereocenters. The molecule has 1 aromatic carbocycles. The third-order valence-corrected chi connectivity index (χ3v) is 4.53. The second-order valence-corrected chi connectivity index (χ2v) is 5.81. The van der Waals surface area contributed by atoms with Gasteiger partial charge < -0.3 is 10.6 Å². The van der Waals surface area contributed by atoms with E-state index >= 15 is 0 Å². The Balaban J connectivity index is 1.75. The van der Waals surface area contributed by atoms with Gasteiger partial charge in [0.2, 0.25) is 0 Å².